The molecule has 3 unspecified atom stereocenters. The van der Waals surface area contributed by atoms with E-state index in [9.17, 15) is 5.11 Å². The van der Waals surface area contributed by atoms with Crippen LogP contribution in [0.25, 0.3) is 0 Å². The maximum atomic E-state index is 9.62. The normalized spacial score (nSPS) is 40.8. The molecule has 0 amide bonds. The summed E-state index contributed by atoms with van der Waals surface area (Å²) in [5.41, 5.74) is 0. The molecule has 0 aliphatic carbocycles. The van der Waals surface area contributed by atoms with Gasteiger partial charge in [0.2, 0.25) is 0 Å². The largest absolute Gasteiger partial charge is 0.391 e. The minimum Gasteiger partial charge on any atom is -0.391 e. The van der Waals surface area contributed by atoms with Crippen molar-refractivity contribution < 1.29 is 9.84 Å². The first-order valence-corrected chi connectivity index (χ1v) is 5.33. The van der Waals surface area contributed by atoms with Gasteiger partial charge < -0.3 is 15.2 Å². The molecule has 2 N–H and O–H groups in total. The lowest BCUT2D eigenvalue weighted by molar-refractivity contribution is 0.0354. The van der Waals surface area contributed by atoms with Crippen LogP contribution in [-0.2, 0) is 4.74 Å². The summed E-state index contributed by atoms with van der Waals surface area (Å²) < 4.78 is 5.43. The van der Waals surface area contributed by atoms with Crippen LogP contribution < -0.4 is 5.32 Å². The van der Waals surface area contributed by atoms with E-state index in [1.54, 1.807) is 0 Å². The zero-order valence-corrected chi connectivity index (χ0v) is 8.04. The van der Waals surface area contributed by atoms with E-state index in [1.165, 1.54) is 12.8 Å². The Kier molecular flexibility index (Phi) is 3.19. The van der Waals surface area contributed by atoms with Gasteiger partial charge in [-0.15, -0.1) is 0 Å². The summed E-state index contributed by atoms with van der Waals surface area (Å²) in [6.07, 6.45) is 3.49. The molecule has 2 saturated heterocycles. The van der Waals surface area contributed by atoms with Crippen LogP contribution in [0.5, 0.6) is 0 Å². The van der Waals surface area contributed by atoms with E-state index in [4.69, 9.17) is 4.74 Å². The highest BCUT2D eigenvalue weighted by molar-refractivity contribution is 4.82. The first kappa shape index (κ1) is 9.44. The molecule has 76 valence electrons. The first-order chi connectivity index (χ1) is 6.36. The van der Waals surface area contributed by atoms with E-state index >= 15 is 0 Å². The molecule has 0 aromatic carbocycles. The van der Waals surface area contributed by atoms with Crippen LogP contribution in [0.4, 0.5) is 0 Å². The Bertz CT molecular complexity index is 157. The summed E-state index contributed by atoms with van der Waals surface area (Å²) in [6.45, 7) is 3.60. The summed E-state index contributed by atoms with van der Waals surface area (Å²) >= 11 is 0. The monoisotopic (exact) mass is 185 g/mol. The smallest absolute Gasteiger partial charge is 0.0704 e. The van der Waals surface area contributed by atoms with Crippen molar-refractivity contribution >= 4 is 0 Å². The van der Waals surface area contributed by atoms with Gasteiger partial charge in [-0.05, 0) is 31.1 Å². The van der Waals surface area contributed by atoms with Gasteiger partial charge in [-0.3, -0.25) is 0 Å². The van der Waals surface area contributed by atoms with Gasteiger partial charge in [-0.25, -0.2) is 0 Å². The fourth-order valence-electron chi connectivity index (χ4n) is 2.38. The highest BCUT2D eigenvalue weighted by Gasteiger charge is 2.28. The van der Waals surface area contributed by atoms with Gasteiger partial charge in [0.1, 0.15) is 0 Å². The Morgan fingerprint density at radius 1 is 1.38 bits per heavy atom. The zero-order chi connectivity index (χ0) is 9.10. The summed E-state index contributed by atoms with van der Waals surface area (Å²) in [5, 5.41) is 12.8. The van der Waals surface area contributed by atoms with Crippen molar-refractivity contribution in [2.24, 2.45) is 11.8 Å². The predicted molar refractivity (Wildman–Crippen MR) is 50.5 cm³/mol. The highest BCUT2D eigenvalue weighted by Crippen LogP contribution is 2.24. The minimum absolute atomic E-state index is 0.123. The van der Waals surface area contributed by atoms with Crippen LogP contribution in [0.2, 0.25) is 0 Å². The van der Waals surface area contributed by atoms with Gasteiger partial charge in [-0.2, -0.15) is 0 Å². The molecule has 3 atom stereocenters. The highest BCUT2D eigenvalue weighted by atomic mass is 16.5. The van der Waals surface area contributed by atoms with Crippen molar-refractivity contribution in [3.63, 3.8) is 0 Å². The number of hydrogen-bond acceptors (Lipinski definition) is 3. The molecular weight excluding hydrogens is 166 g/mol. The fraction of sp³-hybridized carbons (Fsp3) is 1.00. The SMILES string of the molecule is OC1CNCC1CC1CCCOC1. The second kappa shape index (κ2) is 4.40. The molecule has 0 spiro atoms. The molecule has 2 aliphatic heterocycles. The van der Waals surface area contributed by atoms with E-state index in [0.29, 0.717) is 11.8 Å². The molecule has 3 heteroatoms. The van der Waals surface area contributed by atoms with Crippen molar-refractivity contribution in [2.75, 3.05) is 26.3 Å². The number of ether oxygens (including phenoxy) is 1. The first-order valence-electron chi connectivity index (χ1n) is 5.33. The molecule has 2 heterocycles. The second-order valence-electron chi connectivity index (χ2n) is 4.30. The summed E-state index contributed by atoms with van der Waals surface area (Å²) in [6, 6.07) is 0. The lowest BCUT2D eigenvalue weighted by Gasteiger charge is -2.25. The van der Waals surface area contributed by atoms with Crippen LogP contribution in [-0.4, -0.2) is 37.5 Å². The van der Waals surface area contributed by atoms with E-state index in [-0.39, 0.29) is 6.10 Å². The summed E-state index contributed by atoms with van der Waals surface area (Å²) in [4.78, 5) is 0. The Morgan fingerprint density at radius 3 is 2.92 bits per heavy atom. The minimum atomic E-state index is -0.123. The van der Waals surface area contributed by atoms with Crippen molar-refractivity contribution in [1.82, 2.24) is 5.32 Å². The van der Waals surface area contributed by atoms with Crippen LogP contribution in [0.1, 0.15) is 19.3 Å². The quantitative estimate of drug-likeness (QED) is 0.653. The Labute approximate surface area is 79.5 Å². The molecule has 0 aromatic rings. The molecule has 0 bridgehead atoms. The zero-order valence-electron chi connectivity index (χ0n) is 8.04. The average Bonchev–Trinajstić information content (AvgIpc) is 2.54. The molecule has 2 fully saturated rings. The number of β-amino-alcohol motifs (C(OH)–C–C–N with tert-alkyl or cyclic N) is 1. The predicted octanol–water partition coefficient (Wildman–Crippen LogP) is 0.383. The van der Waals surface area contributed by atoms with Crippen molar-refractivity contribution in [3.8, 4) is 0 Å². The van der Waals surface area contributed by atoms with Gasteiger partial charge in [0.15, 0.2) is 0 Å². The second-order valence-corrected chi connectivity index (χ2v) is 4.30. The molecular formula is C10H19NO2. The Morgan fingerprint density at radius 2 is 2.31 bits per heavy atom. The third kappa shape index (κ3) is 2.42. The molecule has 0 aromatic heterocycles. The molecule has 0 radical (unpaired) electrons. The number of rotatable bonds is 2. The van der Waals surface area contributed by atoms with E-state index in [1.807, 2.05) is 0 Å². The van der Waals surface area contributed by atoms with Crippen molar-refractivity contribution in [2.45, 2.75) is 25.4 Å². The number of nitrogens with one attached hydrogen (secondary N) is 1. The number of aliphatic hydroxyl groups is 1. The third-order valence-electron chi connectivity index (χ3n) is 3.19. The van der Waals surface area contributed by atoms with E-state index in [0.717, 1.165) is 32.7 Å². The van der Waals surface area contributed by atoms with Gasteiger partial charge in [-0.1, -0.05) is 0 Å². The number of hydrogen-bond donors (Lipinski definition) is 2. The average molecular weight is 185 g/mol. The van der Waals surface area contributed by atoms with Crippen molar-refractivity contribution in [3.05, 3.63) is 0 Å². The van der Waals surface area contributed by atoms with Crippen LogP contribution in [0.3, 0.4) is 0 Å². The van der Waals surface area contributed by atoms with Gasteiger partial charge in [0, 0.05) is 26.3 Å². The van der Waals surface area contributed by atoms with Crippen LogP contribution in [0, 0.1) is 11.8 Å². The lowest BCUT2D eigenvalue weighted by Crippen LogP contribution is -2.25. The fourth-order valence-corrected chi connectivity index (χ4v) is 2.38. The Hall–Kier alpha value is -0.120. The maximum absolute atomic E-state index is 9.62. The van der Waals surface area contributed by atoms with Gasteiger partial charge >= 0.3 is 0 Å². The molecule has 2 rings (SSSR count). The standard InChI is InChI=1S/C10H19NO2/c12-10-6-11-5-9(10)4-8-2-1-3-13-7-8/h8-12H,1-7H2. The van der Waals surface area contributed by atoms with Gasteiger partial charge in [0.25, 0.3) is 0 Å². The summed E-state index contributed by atoms with van der Waals surface area (Å²) in [7, 11) is 0. The molecule has 13 heavy (non-hydrogen) atoms. The lowest BCUT2D eigenvalue weighted by atomic mass is 9.89. The molecule has 3 nitrogen and oxygen atoms in total. The van der Waals surface area contributed by atoms with Crippen LogP contribution in [0.15, 0.2) is 0 Å². The van der Waals surface area contributed by atoms with Crippen LogP contribution >= 0.6 is 0 Å². The van der Waals surface area contributed by atoms with E-state index in [2.05, 4.69) is 5.32 Å². The maximum Gasteiger partial charge on any atom is 0.0704 e. The summed E-state index contributed by atoms with van der Waals surface area (Å²) in [5.74, 6) is 1.15. The van der Waals surface area contributed by atoms with Gasteiger partial charge in [0.05, 0.1) is 6.10 Å². The molecule has 0 saturated carbocycles. The number of aliphatic hydroxyl groups excluding tert-OH is 1. The topological polar surface area (TPSA) is 41.5 Å². The third-order valence-corrected chi connectivity index (χ3v) is 3.19. The molecule has 2 aliphatic rings. The van der Waals surface area contributed by atoms with E-state index < -0.39 is 0 Å². The van der Waals surface area contributed by atoms with Crippen molar-refractivity contribution in [1.29, 1.82) is 0 Å². The Balaban J connectivity index is 1.75.